The van der Waals surface area contributed by atoms with Gasteiger partial charge in [0.2, 0.25) is 5.91 Å². The minimum Gasteiger partial charge on any atom is -0.300 e. The van der Waals surface area contributed by atoms with Gasteiger partial charge in [0.25, 0.3) is 5.56 Å². The summed E-state index contributed by atoms with van der Waals surface area (Å²) in [6.45, 7) is -0.209. The first-order chi connectivity index (χ1) is 15.7. The van der Waals surface area contributed by atoms with Crippen LogP contribution in [-0.2, 0) is 11.3 Å². The molecule has 3 aromatic heterocycles. The number of nitrogens with zero attached hydrogens (tertiary/aromatic N) is 4. The molecule has 0 saturated heterocycles. The summed E-state index contributed by atoms with van der Waals surface area (Å²) in [5.74, 6) is -0.373. The first kappa shape index (κ1) is 19.8. The number of nitrogens with one attached hydrogen (secondary N) is 1. The number of fused-ring (bicyclic) bond motifs is 1. The van der Waals surface area contributed by atoms with Crippen molar-refractivity contribution < 1.29 is 4.79 Å². The Morgan fingerprint density at radius 3 is 2.72 bits per heavy atom. The Balaban J connectivity index is 1.37. The van der Waals surface area contributed by atoms with Crippen LogP contribution in [0.2, 0.25) is 0 Å². The van der Waals surface area contributed by atoms with E-state index in [9.17, 15) is 9.59 Å². The lowest BCUT2D eigenvalue weighted by atomic mass is 10.0. The molecule has 0 aliphatic carbocycles. The van der Waals surface area contributed by atoms with Crippen molar-refractivity contribution >= 4 is 33.1 Å². The molecule has 0 atom stereocenters. The second-order valence-electron chi connectivity index (χ2n) is 7.07. The Morgan fingerprint density at radius 1 is 0.969 bits per heavy atom. The van der Waals surface area contributed by atoms with Gasteiger partial charge in [0, 0.05) is 35.0 Å². The van der Waals surface area contributed by atoms with Crippen molar-refractivity contribution in [3.05, 3.63) is 94.9 Å². The van der Waals surface area contributed by atoms with E-state index in [2.05, 4.69) is 20.4 Å². The highest BCUT2D eigenvalue weighted by Gasteiger charge is 2.12. The molecule has 1 amide bonds. The van der Waals surface area contributed by atoms with Crippen LogP contribution >= 0.6 is 11.3 Å². The van der Waals surface area contributed by atoms with E-state index < -0.39 is 0 Å². The minimum atomic E-state index is -0.373. The maximum Gasteiger partial charge on any atom is 0.267 e. The fraction of sp³-hybridized carbons (Fsp3) is 0.0417. The summed E-state index contributed by atoms with van der Waals surface area (Å²) in [6.07, 6.45) is 3.40. The Labute approximate surface area is 187 Å². The van der Waals surface area contributed by atoms with E-state index in [1.807, 2.05) is 60.0 Å². The van der Waals surface area contributed by atoms with Crippen molar-refractivity contribution in [3.63, 3.8) is 0 Å². The van der Waals surface area contributed by atoms with E-state index in [-0.39, 0.29) is 18.0 Å². The predicted molar refractivity (Wildman–Crippen MR) is 125 cm³/mol. The zero-order valence-electron chi connectivity index (χ0n) is 16.8. The van der Waals surface area contributed by atoms with Crippen molar-refractivity contribution in [3.8, 4) is 22.5 Å². The van der Waals surface area contributed by atoms with Crippen LogP contribution < -0.4 is 10.9 Å². The average molecular weight is 440 g/mol. The summed E-state index contributed by atoms with van der Waals surface area (Å²) in [5.41, 5.74) is 2.77. The van der Waals surface area contributed by atoms with E-state index in [1.54, 1.807) is 18.5 Å². The van der Waals surface area contributed by atoms with Gasteiger partial charge < -0.3 is 5.32 Å². The minimum absolute atomic E-state index is 0.209. The highest BCUT2D eigenvalue weighted by Crippen LogP contribution is 2.27. The lowest BCUT2D eigenvalue weighted by Crippen LogP contribution is -2.29. The molecule has 8 heteroatoms. The first-order valence-corrected chi connectivity index (χ1v) is 10.8. The molecule has 1 N–H and O–H groups in total. The number of aromatic nitrogens is 4. The van der Waals surface area contributed by atoms with Gasteiger partial charge in [-0.05, 0) is 29.0 Å². The Morgan fingerprint density at radius 2 is 1.84 bits per heavy atom. The van der Waals surface area contributed by atoms with Gasteiger partial charge in [-0.1, -0.05) is 42.5 Å². The number of pyridine rings is 1. The molecule has 7 nitrogen and oxygen atoms in total. The van der Waals surface area contributed by atoms with Crippen LogP contribution in [0.25, 0.3) is 33.3 Å². The van der Waals surface area contributed by atoms with Crippen LogP contribution in [-0.4, -0.2) is 25.7 Å². The molecule has 5 rings (SSSR count). The molecule has 0 unspecified atom stereocenters. The maximum atomic E-state index is 12.6. The standard InChI is InChI=1S/C24H17N5O2S/c30-22(27-24-26-21(15-32-24)17-7-4-12-25-13-17)14-29-23(31)11-10-20(28-29)19-9-3-6-16-5-1-2-8-18(16)19/h1-13,15H,14H2,(H,26,27,30). The summed E-state index contributed by atoms with van der Waals surface area (Å²) < 4.78 is 1.17. The topological polar surface area (TPSA) is 89.8 Å². The first-order valence-electron chi connectivity index (χ1n) is 9.89. The number of thiazole rings is 1. The van der Waals surface area contributed by atoms with Crippen molar-refractivity contribution in [1.29, 1.82) is 0 Å². The number of rotatable bonds is 5. The highest BCUT2D eigenvalue weighted by molar-refractivity contribution is 7.14. The molecule has 0 radical (unpaired) electrons. The van der Waals surface area contributed by atoms with Gasteiger partial charge in [-0.15, -0.1) is 11.3 Å². The third-order valence-corrected chi connectivity index (χ3v) is 5.69. The lowest BCUT2D eigenvalue weighted by molar-refractivity contribution is -0.117. The fourth-order valence-electron chi connectivity index (χ4n) is 3.43. The number of amides is 1. The summed E-state index contributed by atoms with van der Waals surface area (Å²) in [5, 5.41) is 11.6. The molecule has 0 aliphatic rings. The molecular weight excluding hydrogens is 422 g/mol. The number of hydrogen-bond acceptors (Lipinski definition) is 6. The second-order valence-corrected chi connectivity index (χ2v) is 7.93. The summed E-state index contributed by atoms with van der Waals surface area (Å²) >= 11 is 1.31. The SMILES string of the molecule is O=C(Cn1nc(-c2cccc3ccccc23)ccc1=O)Nc1nc(-c2cccnc2)cs1. The fourth-order valence-corrected chi connectivity index (χ4v) is 4.16. The summed E-state index contributed by atoms with van der Waals surface area (Å²) in [7, 11) is 0. The Bertz CT molecular complexity index is 1470. The molecule has 0 fully saturated rings. The second kappa shape index (κ2) is 8.52. The van der Waals surface area contributed by atoms with E-state index in [4.69, 9.17) is 0 Å². The van der Waals surface area contributed by atoms with E-state index in [1.165, 1.54) is 22.1 Å². The molecular formula is C24H17N5O2S. The van der Waals surface area contributed by atoms with Gasteiger partial charge in [-0.25, -0.2) is 9.67 Å². The molecule has 0 aliphatic heterocycles. The maximum absolute atomic E-state index is 12.6. The van der Waals surface area contributed by atoms with Gasteiger partial charge in [0.15, 0.2) is 5.13 Å². The van der Waals surface area contributed by atoms with Gasteiger partial charge in [0.1, 0.15) is 6.54 Å². The van der Waals surface area contributed by atoms with Crippen LogP contribution in [0.1, 0.15) is 0 Å². The molecule has 0 bridgehead atoms. The van der Waals surface area contributed by atoms with Gasteiger partial charge in [-0.2, -0.15) is 5.10 Å². The molecule has 0 saturated carbocycles. The normalized spacial score (nSPS) is 10.9. The largest absolute Gasteiger partial charge is 0.300 e. The lowest BCUT2D eigenvalue weighted by Gasteiger charge is -2.09. The quantitative estimate of drug-likeness (QED) is 0.443. The van der Waals surface area contributed by atoms with Crippen molar-refractivity contribution in [1.82, 2.24) is 19.7 Å². The molecule has 5 aromatic rings. The summed E-state index contributed by atoms with van der Waals surface area (Å²) in [4.78, 5) is 33.4. The van der Waals surface area contributed by atoms with Gasteiger partial charge >= 0.3 is 0 Å². The van der Waals surface area contributed by atoms with E-state index in [0.29, 0.717) is 10.8 Å². The Kier molecular flexibility index (Phi) is 5.27. The van der Waals surface area contributed by atoms with Crippen LogP contribution in [0.4, 0.5) is 5.13 Å². The molecule has 3 heterocycles. The zero-order chi connectivity index (χ0) is 21.9. The number of benzene rings is 2. The number of anilines is 1. The van der Waals surface area contributed by atoms with Crippen LogP contribution in [0.3, 0.4) is 0 Å². The monoisotopic (exact) mass is 439 g/mol. The van der Waals surface area contributed by atoms with E-state index >= 15 is 0 Å². The number of hydrogen-bond donors (Lipinski definition) is 1. The molecule has 156 valence electrons. The predicted octanol–water partition coefficient (Wildman–Crippen LogP) is 4.22. The smallest absolute Gasteiger partial charge is 0.267 e. The third kappa shape index (κ3) is 4.03. The zero-order valence-corrected chi connectivity index (χ0v) is 17.6. The van der Waals surface area contributed by atoms with Gasteiger partial charge in [0.05, 0.1) is 11.4 Å². The van der Waals surface area contributed by atoms with Crippen molar-refractivity contribution in [2.75, 3.05) is 5.32 Å². The Hall–Kier alpha value is -4.17. The summed E-state index contributed by atoms with van der Waals surface area (Å²) in [6, 6.07) is 20.7. The van der Waals surface area contributed by atoms with Crippen LogP contribution in [0.15, 0.2) is 89.3 Å². The van der Waals surface area contributed by atoms with Crippen molar-refractivity contribution in [2.45, 2.75) is 6.54 Å². The number of carbonyl (C=O) groups is 1. The molecule has 0 spiro atoms. The van der Waals surface area contributed by atoms with Gasteiger partial charge in [-0.3, -0.25) is 14.6 Å². The highest BCUT2D eigenvalue weighted by atomic mass is 32.1. The van der Waals surface area contributed by atoms with E-state index in [0.717, 1.165) is 27.6 Å². The third-order valence-electron chi connectivity index (χ3n) is 4.93. The number of carbonyl (C=O) groups excluding carboxylic acids is 1. The molecule has 2 aromatic carbocycles. The van der Waals surface area contributed by atoms with Crippen LogP contribution in [0, 0.1) is 0 Å². The average Bonchev–Trinajstić information content (AvgIpc) is 3.29. The van der Waals surface area contributed by atoms with Crippen molar-refractivity contribution in [2.24, 2.45) is 0 Å². The molecule has 32 heavy (non-hydrogen) atoms. The van der Waals surface area contributed by atoms with Crippen LogP contribution in [0.5, 0.6) is 0 Å².